The van der Waals surface area contributed by atoms with Crippen LogP contribution in [0.1, 0.15) is 15.9 Å². The number of aromatic nitrogens is 2. The van der Waals surface area contributed by atoms with E-state index >= 15 is 0 Å². The van der Waals surface area contributed by atoms with Crippen LogP contribution in [0.2, 0.25) is 0 Å². The molecule has 6 heteroatoms. The molecular weight excluding hydrogens is 332 g/mol. The van der Waals surface area contributed by atoms with E-state index in [0.29, 0.717) is 23.2 Å². The number of esters is 1. The summed E-state index contributed by atoms with van der Waals surface area (Å²) in [4.78, 5) is 28.5. The van der Waals surface area contributed by atoms with Crippen molar-refractivity contribution in [3.63, 3.8) is 0 Å². The third kappa shape index (κ3) is 3.64. The highest BCUT2D eigenvalue weighted by molar-refractivity contribution is 5.89. The summed E-state index contributed by atoms with van der Waals surface area (Å²) in [5.74, 6) is 0.346. The minimum atomic E-state index is -0.417. The number of hydrogen-bond donors (Lipinski definition) is 0. The first-order valence-electron chi connectivity index (χ1n) is 7.98. The second kappa shape index (κ2) is 7.65. The molecule has 132 valence electrons. The molecule has 0 N–H and O–H groups in total. The molecule has 0 amide bonds. The number of carbonyl (C=O) groups excluding carboxylic acids is 1. The van der Waals surface area contributed by atoms with Crippen molar-refractivity contribution in [3.8, 4) is 16.9 Å². The highest BCUT2D eigenvalue weighted by Gasteiger charge is 2.10. The molecule has 1 heterocycles. The van der Waals surface area contributed by atoms with E-state index in [1.807, 2.05) is 24.3 Å². The van der Waals surface area contributed by atoms with Gasteiger partial charge in [0.15, 0.2) is 0 Å². The van der Waals surface area contributed by atoms with Crippen molar-refractivity contribution in [1.82, 2.24) is 9.55 Å². The summed E-state index contributed by atoms with van der Waals surface area (Å²) in [5, 5.41) is 0. The van der Waals surface area contributed by atoms with Crippen molar-refractivity contribution >= 4 is 5.97 Å². The molecule has 0 atom stereocenters. The van der Waals surface area contributed by atoms with Gasteiger partial charge in [-0.25, -0.2) is 9.78 Å². The van der Waals surface area contributed by atoms with Crippen molar-refractivity contribution in [2.24, 2.45) is 0 Å². The van der Waals surface area contributed by atoms with Crippen LogP contribution in [-0.2, 0) is 11.3 Å². The molecule has 0 aliphatic heterocycles. The van der Waals surface area contributed by atoms with Gasteiger partial charge in [0.25, 0.3) is 5.56 Å². The molecule has 3 aromatic rings. The maximum atomic E-state index is 12.8. The number of carbonyl (C=O) groups is 1. The fourth-order valence-corrected chi connectivity index (χ4v) is 2.59. The Morgan fingerprint density at radius 2 is 1.73 bits per heavy atom. The van der Waals surface area contributed by atoms with Gasteiger partial charge in [0.2, 0.25) is 0 Å². The maximum Gasteiger partial charge on any atom is 0.337 e. The van der Waals surface area contributed by atoms with Crippen LogP contribution in [0.3, 0.4) is 0 Å². The summed E-state index contributed by atoms with van der Waals surface area (Å²) in [6, 6.07) is 14.2. The zero-order chi connectivity index (χ0) is 18.5. The smallest absolute Gasteiger partial charge is 0.337 e. The Bertz CT molecular complexity index is 960. The molecule has 3 rings (SSSR count). The van der Waals surface area contributed by atoms with Gasteiger partial charge in [-0.05, 0) is 35.4 Å². The Hall–Kier alpha value is -3.41. The fourth-order valence-electron chi connectivity index (χ4n) is 2.59. The van der Waals surface area contributed by atoms with Crippen LogP contribution < -0.4 is 10.3 Å². The molecule has 0 radical (unpaired) electrons. The van der Waals surface area contributed by atoms with Gasteiger partial charge < -0.3 is 9.47 Å². The van der Waals surface area contributed by atoms with E-state index < -0.39 is 5.97 Å². The average Bonchev–Trinajstić information content (AvgIpc) is 2.69. The number of methoxy groups -OCH3 is 2. The van der Waals surface area contributed by atoms with Gasteiger partial charge in [-0.15, -0.1) is 0 Å². The van der Waals surface area contributed by atoms with Gasteiger partial charge in [0, 0.05) is 6.20 Å². The third-order valence-electron chi connectivity index (χ3n) is 4.03. The number of ether oxygens (including phenoxy) is 2. The summed E-state index contributed by atoms with van der Waals surface area (Å²) in [5.41, 5.74) is 2.41. The standard InChI is InChI=1S/C20H18N2O4/c1-25-17-9-3-14(4-10-17)12-22-13-21-11-18(19(22)23)15-5-7-16(8-6-15)20(24)26-2/h3-11,13H,12H2,1-2H3. The Balaban J connectivity index is 1.89. The molecule has 0 aliphatic carbocycles. The van der Waals surface area contributed by atoms with E-state index in [9.17, 15) is 9.59 Å². The molecule has 0 bridgehead atoms. The lowest BCUT2D eigenvalue weighted by atomic mass is 10.1. The van der Waals surface area contributed by atoms with E-state index in [2.05, 4.69) is 9.72 Å². The quantitative estimate of drug-likeness (QED) is 0.662. The van der Waals surface area contributed by atoms with Gasteiger partial charge in [-0.1, -0.05) is 24.3 Å². The van der Waals surface area contributed by atoms with E-state index in [4.69, 9.17) is 4.74 Å². The first-order valence-corrected chi connectivity index (χ1v) is 7.98. The van der Waals surface area contributed by atoms with E-state index in [0.717, 1.165) is 11.3 Å². The minimum Gasteiger partial charge on any atom is -0.497 e. The van der Waals surface area contributed by atoms with E-state index in [-0.39, 0.29) is 5.56 Å². The van der Waals surface area contributed by atoms with Gasteiger partial charge in [0.05, 0.1) is 38.2 Å². The second-order valence-corrected chi connectivity index (χ2v) is 5.66. The molecule has 0 aliphatic rings. The molecule has 0 saturated carbocycles. The zero-order valence-corrected chi connectivity index (χ0v) is 14.5. The summed E-state index contributed by atoms with van der Waals surface area (Å²) in [6.07, 6.45) is 3.04. The van der Waals surface area contributed by atoms with Crippen molar-refractivity contribution in [2.75, 3.05) is 14.2 Å². The van der Waals surface area contributed by atoms with Crippen molar-refractivity contribution < 1.29 is 14.3 Å². The lowest BCUT2D eigenvalue weighted by molar-refractivity contribution is 0.0601. The van der Waals surface area contributed by atoms with Gasteiger partial charge in [-0.2, -0.15) is 0 Å². The number of benzene rings is 2. The van der Waals surface area contributed by atoms with Crippen LogP contribution in [0, 0.1) is 0 Å². The zero-order valence-electron chi connectivity index (χ0n) is 14.5. The highest BCUT2D eigenvalue weighted by Crippen LogP contribution is 2.16. The summed E-state index contributed by atoms with van der Waals surface area (Å²) in [6.45, 7) is 0.407. The second-order valence-electron chi connectivity index (χ2n) is 5.66. The van der Waals surface area contributed by atoms with E-state index in [1.54, 1.807) is 35.9 Å². The number of hydrogen-bond acceptors (Lipinski definition) is 5. The third-order valence-corrected chi connectivity index (χ3v) is 4.03. The SMILES string of the molecule is COC(=O)c1ccc(-c2cncn(Cc3ccc(OC)cc3)c2=O)cc1. The van der Waals surface area contributed by atoms with Crippen molar-refractivity contribution in [2.45, 2.75) is 6.54 Å². The summed E-state index contributed by atoms with van der Waals surface area (Å²) >= 11 is 0. The van der Waals surface area contributed by atoms with Gasteiger partial charge >= 0.3 is 5.97 Å². The predicted molar refractivity (Wildman–Crippen MR) is 97.4 cm³/mol. The summed E-state index contributed by atoms with van der Waals surface area (Å²) < 4.78 is 11.4. The maximum absolute atomic E-state index is 12.8. The minimum absolute atomic E-state index is 0.151. The molecule has 1 aromatic heterocycles. The predicted octanol–water partition coefficient (Wildman–Crippen LogP) is 2.75. The first kappa shape index (κ1) is 17.4. The average molecular weight is 350 g/mol. The van der Waals surface area contributed by atoms with Crippen LogP contribution in [0.25, 0.3) is 11.1 Å². The number of rotatable bonds is 5. The molecule has 0 spiro atoms. The van der Waals surface area contributed by atoms with Crippen LogP contribution in [0.5, 0.6) is 5.75 Å². The Morgan fingerprint density at radius 1 is 1.04 bits per heavy atom. The van der Waals surface area contributed by atoms with Gasteiger partial charge in [0.1, 0.15) is 5.75 Å². The molecule has 6 nitrogen and oxygen atoms in total. The van der Waals surface area contributed by atoms with Crippen LogP contribution in [0.4, 0.5) is 0 Å². The molecule has 0 saturated heterocycles. The molecule has 0 fully saturated rings. The van der Waals surface area contributed by atoms with Crippen molar-refractivity contribution in [3.05, 3.63) is 82.5 Å². The lowest BCUT2D eigenvalue weighted by Crippen LogP contribution is -2.22. The molecule has 2 aromatic carbocycles. The first-order chi connectivity index (χ1) is 12.6. The van der Waals surface area contributed by atoms with Crippen molar-refractivity contribution in [1.29, 1.82) is 0 Å². The van der Waals surface area contributed by atoms with Crippen LogP contribution >= 0.6 is 0 Å². The van der Waals surface area contributed by atoms with Crippen LogP contribution in [0.15, 0.2) is 65.8 Å². The monoisotopic (exact) mass is 350 g/mol. The van der Waals surface area contributed by atoms with Gasteiger partial charge in [-0.3, -0.25) is 9.36 Å². The Kier molecular flexibility index (Phi) is 5.12. The largest absolute Gasteiger partial charge is 0.497 e. The highest BCUT2D eigenvalue weighted by atomic mass is 16.5. The summed E-state index contributed by atoms with van der Waals surface area (Å²) in [7, 11) is 2.94. The Labute approximate surface area is 150 Å². The topological polar surface area (TPSA) is 70.4 Å². The van der Waals surface area contributed by atoms with E-state index in [1.165, 1.54) is 19.6 Å². The lowest BCUT2D eigenvalue weighted by Gasteiger charge is -2.09. The van der Waals surface area contributed by atoms with Crippen LogP contribution in [-0.4, -0.2) is 29.7 Å². The normalized spacial score (nSPS) is 10.4. The number of nitrogens with zero attached hydrogens (tertiary/aromatic N) is 2. The molecule has 26 heavy (non-hydrogen) atoms. The fraction of sp³-hybridized carbons (Fsp3) is 0.150. The molecular formula is C20H18N2O4. The Morgan fingerprint density at radius 3 is 2.35 bits per heavy atom. The molecule has 0 unspecified atom stereocenters.